The van der Waals surface area contributed by atoms with Gasteiger partial charge in [-0.3, -0.25) is 9.78 Å². The van der Waals surface area contributed by atoms with Crippen LogP contribution in [-0.2, 0) is 13.5 Å². The molecule has 3 aromatic heterocycles. The third-order valence-electron chi connectivity index (χ3n) is 6.09. The van der Waals surface area contributed by atoms with Crippen LogP contribution in [0.3, 0.4) is 0 Å². The van der Waals surface area contributed by atoms with Gasteiger partial charge in [0.05, 0.1) is 41.0 Å². The third-order valence-corrected chi connectivity index (χ3v) is 6.09. The Morgan fingerprint density at radius 3 is 2.61 bits per heavy atom. The van der Waals surface area contributed by atoms with Crippen LogP contribution in [0.1, 0.15) is 22.6 Å². The maximum atomic E-state index is 13.6. The standard InChI is InChI=1S/C28H25FN6O3/c1-35-16-32-20-9-6-18(15-22(20)35)26-25(17-4-7-19(29)8-5-17)34-28(30)27(33-26)23(37)11-10-21-24(38-14-13-36)3-2-12-31-21/h2-9,12,15-16,36H,10-11,13-14H2,1H3,(H2,30,34). The highest BCUT2D eigenvalue weighted by atomic mass is 19.1. The zero-order valence-corrected chi connectivity index (χ0v) is 20.6. The molecule has 0 saturated heterocycles. The molecule has 5 aromatic rings. The fraction of sp³-hybridized carbons (Fsp3) is 0.179. The van der Waals surface area contributed by atoms with E-state index in [-0.39, 0.29) is 49.2 Å². The number of carbonyl (C=O) groups is 1. The molecule has 0 aliphatic carbocycles. The number of benzene rings is 2. The Morgan fingerprint density at radius 2 is 1.82 bits per heavy atom. The van der Waals surface area contributed by atoms with Crippen LogP contribution in [0.4, 0.5) is 10.2 Å². The van der Waals surface area contributed by atoms with Gasteiger partial charge in [0.1, 0.15) is 23.9 Å². The summed E-state index contributed by atoms with van der Waals surface area (Å²) in [6, 6.07) is 15.0. The number of hydrogen-bond acceptors (Lipinski definition) is 8. The summed E-state index contributed by atoms with van der Waals surface area (Å²) in [5.41, 5.74) is 10.8. The van der Waals surface area contributed by atoms with Gasteiger partial charge < -0.3 is 20.1 Å². The lowest BCUT2D eigenvalue weighted by molar-refractivity contribution is 0.0978. The van der Waals surface area contributed by atoms with Crippen molar-refractivity contribution in [3.63, 3.8) is 0 Å². The Labute approximate surface area is 217 Å². The van der Waals surface area contributed by atoms with Gasteiger partial charge >= 0.3 is 0 Å². The lowest BCUT2D eigenvalue weighted by Gasteiger charge is -2.13. The largest absolute Gasteiger partial charge is 0.489 e. The van der Waals surface area contributed by atoms with Crippen molar-refractivity contribution >= 4 is 22.6 Å². The number of ketones is 1. The van der Waals surface area contributed by atoms with Crippen LogP contribution in [0.2, 0.25) is 0 Å². The second-order valence-electron chi connectivity index (χ2n) is 8.66. The van der Waals surface area contributed by atoms with E-state index >= 15 is 0 Å². The zero-order chi connectivity index (χ0) is 26.6. The van der Waals surface area contributed by atoms with E-state index in [1.807, 2.05) is 29.8 Å². The van der Waals surface area contributed by atoms with Gasteiger partial charge in [0.25, 0.3) is 0 Å². The second-order valence-corrected chi connectivity index (χ2v) is 8.66. The van der Waals surface area contributed by atoms with E-state index in [1.165, 1.54) is 12.1 Å². The van der Waals surface area contributed by atoms with Gasteiger partial charge in [-0.25, -0.2) is 19.3 Å². The molecule has 0 bridgehead atoms. The molecule has 2 aromatic carbocycles. The summed E-state index contributed by atoms with van der Waals surface area (Å²) in [6.45, 7) is -0.00649. The molecular weight excluding hydrogens is 487 g/mol. The van der Waals surface area contributed by atoms with Crippen LogP contribution in [0.5, 0.6) is 5.75 Å². The maximum absolute atomic E-state index is 13.6. The van der Waals surface area contributed by atoms with Crippen LogP contribution in [0, 0.1) is 5.82 Å². The van der Waals surface area contributed by atoms with Crippen LogP contribution < -0.4 is 10.5 Å². The Kier molecular flexibility index (Phi) is 7.05. The van der Waals surface area contributed by atoms with Crippen molar-refractivity contribution < 1.29 is 19.0 Å². The van der Waals surface area contributed by atoms with Crippen molar-refractivity contribution in [2.45, 2.75) is 12.8 Å². The molecule has 0 spiro atoms. The number of rotatable bonds is 9. The highest BCUT2D eigenvalue weighted by molar-refractivity contribution is 6.00. The quantitative estimate of drug-likeness (QED) is 0.284. The van der Waals surface area contributed by atoms with Crippen LogP contribution in [0.25, 0.3) is 33.5 Å². The molecule has 0 aliphatic heterocycles. The van der Waals surface area contributed by atoms with Gasteiger partial charge in [-0.2, -0.15) is 0 Å². The molecule has 3 N–H and O–H groups in total. The van der Waals surface area contributed by atoms with Gasteiger partial charge in [-0.05, 0) is 48.5 Å². The highest BCUT2D eigenvalue weighted by Crippen LogP contribution is 2.33. The number of aliphatic hydroxyl groups is 1. The zero-order valence-electron chi connectivity index (χ0n) is 20.6. The number of carbonyl (C=O) groups excluding carboxylic acids is 1. The second kappa shape index (κ2) is 10.7. The van der Waals surface area contributed by atoms with E-state index in [9.17, 15) is 9.18 Å². The lowest BCUT2D eigenvalue weighted by Crippen LogP contribution is -2.13. The highest BCUT2D eigenvalue weighted by Gasteiger charge is 2.21. The minimum Gasteiger partial charge on any atom is -0.489 e. The number of aryl methyl sites for hydroxylation is 2. The number of nitrogens with zero attached hydrogens (tertiary/aromatic N) is 5. The molecule has 5 rings (SSSR count). The van der Waals surface area contributed by atoms with E-state index in [1.54, 1.807) is 36.8 Å². The molecule has 0 fully saturated rings. The van der Waals surface area contributed by atoms with Crippen molar-refractivity contribution in [3.8, 4) is 28.3 Å². The van der Waals surface area contributed by atoms with Gasteiger partial charge in [0.2, 0.25) is 0 Å². The van der Waals surface area contributed by atoms with Crippen molar-refractivity contribution in [1.82, 2.24) is 24.5 Å². The Morgan fingerprint density at radius 1 is 1.05 bits per heavy atom. The van der Waals surface area contributed by atoms with Crippen LogP contribution >= 0.6 is 0 Å². The number of aromatic nitrogens is 5. The molecule has 0 unspecified atom stereocenters. The first-order chi connectivity index (χ1) is 18.4. The van der Waals surface area contributed by atoms with E-state index in [0.717, 1.165) is 11.0 Å². The van der Waals surface area contributed by atoms with E-state index in [4.69, 9.17) is 20.6 Å². The summed E-state index contributed by atoms with van der Waals surface area (Å²) in [7, 11) is 1.89. The van der Waals surface area contributed by atoms with Crippen molar-refractivity contribution in [3.05, 3.63) is 84.3 Å². The number of ether oxygens (including phenoxy) is 1. The normalized spacial score (nSPS) is 11.1. The van der Waals surface area contributed by atoms with E-state index in [2.05, 4.69) is 15.0 Å². The summed E-state index contributed by atoms with van der Waals surface area (Å²) in [5.74, 6) is -0.193. The predicted octanol–water partition coefficient (Wildman–Crippen LogP) is 4.00. The number of Topliss-reactive ketones (excluding diaryl/α,β-unsaturated/α-hetero) is 1. The molecule has 0 aliphatic rings. The average molecular weight is 513 g/mol. The molecule has 38 heavy (non-hydrogen) atoms. The van der Waals surface area contributed by atoms with Crippen molar-refractivity contribution in [2.24, 2.45) is 7.05 Å². The third kappa shape index (κ3) is 5.07. The number of aliphatic hydroxyl groups excluding tert-OH is 1. The van der Waals surface area contributed by atoms with Crippen LogP contribution in [0.15, 0.2) is 67.1 Å². The number of anilines is 1. The summed E-state index contributed by atoms with van der Waals surface area (Å²) >= 11 is 0. The minimum absolute atomic E-state index is 0.0162. The summed E-state index contributed by atoms with van der Waals surface area (Å²) in [6.07, 6.45) is 3.69. The Bertz CT molecular complexity index is 1620. The molecule has 192 valence electrons. The fourth-order valence-corrected chi connectivity index (χ4v) is 4.19. The number of imidazole rings is 1. The number of hydrogen-bond donors (Lipinski definition) is 2. The molecule has 9 nitrogen and oxygen atoms in total. The summed E-state index contributed by atoms with van der Waals surface area (Å²) < 4.78 is 21.1. The molecule has 0 atom stereocenters. The number of nitrogen functional groups attached to an aromatic ring is 1. The van der Waals surface area contributed by atoms with E-state index < -0.39 is 0 Å². The van der Waals surface area contributed by atoms with Crippen molar-refractivity contribution in [1.29, 1.82) is 0 Å². The number of nitrogens with two attached hydrogens (primary N) is 1. The van der Waals surface area contributed by atoms with Crippen LogP contribution in [-0.4, -0.2) is 48.6 Å². The van der Waals surface area contributed by atoms with Crippen molar-refractivity contribution in [2.75, 3.05) is 18.9 Å². The first-order valence-electron chi connectivity index (χ1n) is 12.0. The van der Waals surface area contributed by atoms with Gasteiger partial charge in [-0.1, -0.05) is 6.07 Å². The van der Waals surface area contributed by atoms with Gasteiger partial charge in [-0.15, -0.1) is 0 Å². The smallest absolute Gasteiger partial charge is 0.185 e. The summed E-state index contributed by atoms with van der Waals surface area (Å²) in [4.78, 5) is 31.2. The fourth-order valence-electron chi connectivity index (χ4n) is 4.19. The topological polar surface area (TPSA) is 129 Å². The molecule has 0 amide bonds. The number of halogens is 1. The predicted molar refractivity (Wildman–Crippen MR) is 141 cm³/mol. The van der Waals surface area contributed by atoms with E-state index in [0.29, 0.717) is 34.0 Å². The minimum atomic E-state index is -0.379. The van der Waals surface area contributed by atoms with Gasteiger partial charge in [0.15, 0.2) is 11.6 Å². The summed E-state index contributed by atoms with van der Waals surface area (Å²) in [5, 5.41) is 9.06. The lowest BCUT2D eigenvalue weighted by atomic mass is 10.0. The Balaban J connectivity index is 1.53. The SMILES string of the molecule is Cn1cnc2ccc(-c3nc(C(=O)CCc4ncccc4OCCO)c(N)nc3-c3ccc(F)cc3)cc21. The molecule has 10 heteroatoms. The maximum Gasteiger partial charge on any atom is 0.185 e. The molecule has 0 radical (unpaired) electrons. The number of pyridine rings is 1. The first-order valence-corrected chi connectivity index (χ1v) is 12.0. The Hall–Kier alpha value is -4.70. The molecule has 3 heterocycles. The molecular formula is C28H25FN6O3. The first kappa shape index (κ1) is 25.0. The average Bonchev–Trinajstić information content (AvgIpc) is 3.31. The number of fused-ring (bicyclic) bond motifs is 1. The molecule has 0 saturated carbocycles. The van der Waals surface area contributed by atoms with Gasteiger partial charge in [0, 0.05) is 37.2 Å². The monoisotopic (exact) mass is 512 g/mol.